The van der Waals surface area contributed by atoms with E-state index in [1.807, 2.05) is 55.5 Å². The topological polar surface area (TPSA) is 73.6 Å². The molecule has 2 aromatic carbocycles. The second-order valence-corrected chi connectivity index (χ2v) is 5.24. The number of methoxy groups -OCH3 is 2. The number of amides is 1. The van der Waals surface area contributed by atoms with Crippen molar-refractivity contribution in [2.45, 2.75) is 19.0 Å². The molecule has 0 heterocycles. The van der Waals surface area contributed by atoms with Crippen LogP contribution in [0.25, 0.3) is 0 Å². The fraction of sp³-hybridized carbons (Fsp3) is 0.278. The van der Waals surface area contributed by atoms with Crippen LogP contribution in [0, 0.1) is 0 Å². The van der Waals surface area contributed by atoms with Gasteiger partial charge in [0.05, 0.1) is 14.2 Å². The van der Waals surface area contributed by atoms with Crippen LogP contribution < -0.4 is 20.5 Å². The minimum Gasteiger partial charge on any atom is -0.497 e. The van der Waals surface area contributed by atoms with E-state index in [-0.39, 0.29) is 6.04 Å². The zero-order valence-corrected chi connectivity index (χ0v) is 13.6. The number of benzene rings is 2. The highest BCUT2D eigenvalue weighted by Gasteiger charge is 2.22. The van der Waals surface area contributed by atoms with Crippen LogP contribution >= 0.6 is 0 Å². The number of ether oxygens (including phenoxy) is 2. The maximum atomic E-state index is 11.8. The van der Waals surface area contributed by atoms with Gasteiger partial charge in [0.2, 0.25) is 5.91 Å². The molecule has 0 bridgehead atoms. The molecule has 1 amide bonds. The molecule has 0 saturated heterocycles. The van der Waals surface area contributed by atoms with Gasteiger partial charge in [0, 0.05) is 11.6 Å². The van der Waals surface area contributed by atoms with E-state index in [4.69, 9.17) is 15.2 Å². The Morgan fingerprint density at radius 3 is 2.35 bits per heavy atom. The van der Waals surface area contributed by atoms with E-state index in [1.165, 1.54) is 0 Å². The summed E-state index contributed by atoms with van der Waals surface area (Å²) in [5.74, 6) is 1.02. The lowest BCUT2D eigenvalue weighted by atomic mass is 10.0. The average molecular weight is 314 g/mol. The third-order valence-corrected chi connectivity index (χ3v) is 3.74. The van der Waals surface area contributed by atoms with Crippen molar-refractivity contribution in [3.8, 4) is 11.5 Å². The number of carbonyl (C=O) groups excluding carboxylic acids is 1. The molecule has 5 heteroatoms. The van der Waals surface area contributed by atoms with E-state index in [9.17, 15) is 4.79 Å². The molecule has 3 N–H and O–H groups in total. The lowest BCUT2D eigenvalue weighted by Gasteiger charge is -2.23. The molecule has 0 spiro atoms. The van der Waals surface area contributed by atoms with Crippen LogP contribution in [-0.4, -0.2) is 20.1 Å². The van der Waals surface area contributed by atoms with Crippen LogP contribution in [0.2, 0.25) is 0 Å². The monoisotopic (exact) mass is 314 g/mol. The van der Waals surface area contributed by atoms with Crippen molar-refractivity contribution >= 4 is 5.91 Å². The fourth-order valence-corrected chi connectivity index (χ4v) is 2.51. The molecule has 2 atom stereocenters. The Balaban J connectivity index is 2.29. The predicted octanol–water partition coefficient (Wildman–Crippen LogP) is 2.58. The Morgan fingerprint density at radius 2 is 1.78 bits per heavy atom. The van der Waals surface area contributed by atoms with Crippen LogP contribution in [-0.2, 0) is 4.79 Å². The van der Waals surface area contributed by atoms with Gasteiger partial charge in [-0.15, -0.1) is 0 Å². The van der Waals surface area contributed by atoms with Crippen molar-refractivity contribution < 1.29 is 14.3 Å². The van der Waals surface area contributed by atoms with Gasteiger partial charge >= 0.3 is 0 Å². The summed E-state index contributed by atoms with van der Waals surface area (Å²) < 4.78 is 10.7. The van der Waals surface area contributed by atoms with Crippen molar-refractivity contribution in [1.29, 1.82) is 0 Å². The molecule has 0 aliphatic rings. The van der Waals surface area contributed by atoms with E-state index >= 15 is 0 Å². The SMILES string of the molecule is COc1ccc(OC)c([C@H](C)N[C@H](C(N)=O)c2ccccc2)c1. The molecule has 0 unspecified atom stereocenters. The summed E-state index contributed by atoms with van der Waals surface area (Å²) in [6.45, 7) is 1.95. The number of rotatable bonds is 7. The Kier molecular flexibility index (Phi) is 5.60. The third kappa shape index (κ3) is 4.02. The van der Waals surface area contributed by atoms with E-state index in [2.05, 4.69) is 5.32 Å². The number of hydrogen-bond acceptors (Lipinski definition) is 4. The van der Waals surface area contributed by atoms with Gasteiger partial charge in [-0.25, -0.2) is 0 Å². The number of carbonyl (C=O) groups is 1. The number of hydrogen-bond donors (Lipinski definition) is 2. The molecule has 122 valence electrons. The Labute approximate surface area is 136 Å². The molecule has 2 aromatic rings. The zero-order chi connectivity index (χ0) is 16.8. The van der Waals surface area contributed by atoms with Crippen LogP contribution in [0.15, 0.2) is 48.5 Å². The summed E-state index contributed by atoms with van der Waals surface area (Å²) in [5, 5.41) is 3.26. The average Bonchev–Trinajstić information content (AvgIpc) is 2.59. The Bertz CT molecular complexity index is 659. The smallest absolute Gasteiger partial charge is 0.239 e. The Hall–Kier alpha value is -2.53. The largest absolute Gasteiger partial charge is 0.497 e. The second kappa shape index (κ2) is 7.65. The quantitative estimate of drug-likeness (QED) is 0.824. The lowest BCUT2D eigenvalue weighted by Crippen LogP contribution is -2.35. The normalized spacial score (nSPS) is 13.2. The van der Waals surface area contributed by atoms with Gasteiger partial charge in [-0.1, -0.05) is 30.3 Å². The molecule has 0 aliphatic carbocycles. The van der Waals surface area contributed by atoms with Crippen molar-refractivity contribution in [2.75, 3.05) is 14.2 Å². The Morgan fingerprint density at radius 1 is 1.09 bits per heavy atom. The molecule has 2 rings (SSSR count). The van der Waals surface area contributed by atoms with E-state index in [0.29, 0.717) is 0 Å². The molecule has 0 radical (unpaired) electrons. The third-order valence-electron chi connectivity index (χ3n) is 3.74. The molecule has 5 nitrogen and oxygen atoms in total. The summed E-state index contributed by atoms with van der Waals surface area (Å²) in [4.78, 5) is 11.8. The van der Waals surface area contributed by atoms with Crippen LogP contribution in [0.1, 0.15) is 30.1 Å². The molecule has 0 aromatic heterocycles. The van der Waals surface area contributed by atoms with Crippen LogP contribution in [0.4, 0.5) is 0 Å². The summed E-state index contributed by atoms with van der Waals surface area (Å²) in [6, 6.07) is 14.2. The van der Waals surface area contributed by atoms with Crippen molar-refractivity contribution in [1.82, 2.24) is 5.32 Å². The first kappa shape index (κ1) is 16.8. The van der Waals surface area contributed by atoms with Gasteiger partial charge in [0.1, 0.15) is 17.5 Å². The number of nitrogens with one attached hydrogen (secondary N) is 1. The summed E-state index contributed by atoms with van der Waals surface area (Å²) in [5.41, 5.74) is 7.29. The van der Waals surface area contributed by atoms with Gasteiger partial charge in [0.25, 0.3) is 0 Å². The first-order valence-corrected chi connectivity index (χ1v) is 7.39. The van der Waals surface area contributed by atoms with E-state index < -0.39 is 11.9 Å². The van der Waals surface area contributed by atoms with Crippen molar-refractivity contribution in [3.05, 3.63) is 59.7 Å². The number of nitrogens with two attached hydrogens (primary N) is 1. The van der Waals surface area contributed by atoms with E-state index in [0.717, 1.165) is 22.6 Å². The highest BCUT2D eigenvalue weighted by Crippen LogP contribution is 2.30. The van der Waals surface area contributed by atoms with Gasteiger partial charge in [-0.3, -0.25) is 10.1 Å². The molecular formula is C18H22N2O3. The molecule has 0 aliphatic heterocycles. The van der Waals surface area contributed by atoms with Crippen molar-refractivity contribution in [2.24, 2.45) is 5.73 Å². The molecule has 0 fully saturated rings. The second-order valence-electron chi connectivity index (χ2n) is 5.24. The maximum Gasteiger partial charge on any atom is 0.239 e. The standard InChI is InChI=1S/C18H22N2O3/c1-12(15-11-14(22-2)9-10-16(15)23-3)20-17(18(19)21)13-7-5-4-6-8-13/h4-12,17,20H,1-3H3,(H2,19,21)/t12-,17-/m0/s1. The van der Waals surface area contributed by atoms with Gasteiger partial charge in [-0.2, -0.15) is 0 Å². The van der Waals surface area contributed by atoms with Gasteiger partial charge in [-0.05, 0) is 30.7 Å². The fourth-order valence-electron chi connectivity index (χ4n) is 2.51. The molecule has 0 saturated carbocycles. The number of primary amides is 1. The predicted molar refractivity (Wildman–Crippen MR) is 89.5 cm³/mol. The first-order valence-electron chi connectivity index (χ1n) is 7.39. The molecule has 23 heavy (non-hydrogen) atoms. The molecular weight excluding hydrogens is 292 g/mol. The van der Waals surface area contributed by atoms with Crippen LogP contribution in [0.3, 0.4) is 0 Å². The van der Waals surface area contributed by atoms with E-state index in [1.54, 1.807) is 14.2 Å². The highest BCUT2D eigenvalue weighted by atomic mass is 16.5. The summed E-state index contributed by atoms with van der Waals surface area (Å²) in [7, 11) is 3.22. The highest BCUT2D eigenvalue weighted by molar-refractivity contribution is 5.81. The van der Waals surface area contributed by atoms with Gasteiger partial charge in [0.15, 0.2) is 0 Å². The van der Waals surface area contributed by atoms with Crippen LogP contribution in [0.5, 0.6) is 11.5 Å². The van der Waals surface area contributed by atoms with Crippen molar-refractivity contribution in [3.63, 3.8) is 0 Å². The summed E-state index contributed by atoms with van der Waals surface area (Å²) >= 11 is 0. The maximum absolute atomic E-state index is 11.8. The zero-order valence-electron chi connectivity index (χ0n) is 13.6. The lowest BCUT2D eigenvalue weighted by molar-refractivity contribution is -0.120. The van der Waals surface area contributed by atoms with Gasteiger partial charge < -0.3 is 15.2 Å². The minimum atomic E-state index is -0.581. The first-order chi connectivity index (χ1) is 11.1. The summed E-state index contributed by atoms with van der Waals surface area (Å²) in [6.07, 6.45) is 0. The minimum absolute atomic E-state index is 0.155.